The van der Waals surface area contributed by atoms with Crippen LogP contribution in [0.5, 0.6) is 11.5 Å². The molecule has 0 bridgehead atoms. The molecule has 0 fully saturated rings. The summed E-state index contributed by atoms with van der Waals surface area (Å²) in [6, 6.07) is 15.7. The van der Waals surface area contributed by atoms with E-state index in [1.807, 2.05) is 12.1 Å². The number of pyridine rings is 2. The molecule has 0 saturated carbocycles. The number of hydrogen-bond acceptors (Lipinski definition) is 5. The summed E-state index contributed by atoms with van der Waals surface area (Å²) in [4.78, 5) is 23.2. The number of methoxy groups -OCH3 is 2. The molecule has 0 aliphatic carbocycles. The molecular formula is C19H17N3O3. The summed E-state index contributed by atoms with van der Waals surface area (Å²) >= 11 is 0. The Kier molecular flexibility index (Phi) is 4.89. The van der Waals surface area contributed by atoms with Crippen LogP contribution in [0.1, 0.15) is 10.4 Å². The smallest absolute Gasteiger partial charge is 0.265 e. The summed E-state index contributed by atoms with van der Waals surface area (Å²) in [5.74, 6) is 1.74. The largest absolute Gasteiger partial charge is 0.497 e. The lowest BCUT2D eigenvalue weighted by molar-refractivity contribution is 0.0997. The zero-order valence-electron chi connectivity index (χ0n) is 13.9. The maximum Gasteiger partial charge on any atom is 0.265 e. The molecule has 1 amide bonds. The van der Waals surface area contributed by atoms with Gasteiger partial charge in [-0.05, 0) is 36.4 Å². The number of ether oxygens (including phenoxy) is 2. The number of nitrogens with zero attached hydrogens (tertiary/aromatic N) is 3. The molecule has 1 aromatic carbocycles. The number of benzene rings is 1. The zero-order chi connectivity index (χ0) is 17.6. The standard InChI is InChI=1S/C19H17N3O3/c1-24-15-11-14(12-16(13-15)25-2)19(23)22(17-7-3-5-9-20-17)18-8-4-6-10-21-18/h3-13H,1-2H3. The molecule has 6 nitrogen and oxygen atoms in total. The average molecular weight is 335 g/mol. The van der Waals surface area contributed by atoms with Crippen molar-refractivity contribution < 1.29 is 14.3 Å². The van der Waals surface area contributed by atoms with Gasteiger partial charge in [0.15, 0.2) is 0 Å². The van der Waals surface area contributed by atoms with Crippen LogP contribution in [0, 0.1) is 0 Å². The summed E-state index contributed by atoms with van der Waals surface area (Å²) in [5, 5.41) is 0. The summed E-state index contributed by atoms with van der Waals surface area (Å²) in [5.41, 5.74) is 0.410. The lowest BCUT2D eigenvalue weighted by atomic mass is 10.1. The normalized spacial score (nSPS) is 10.2. The Labute approximate surface area is 145 Å². The van der Waals surface area contributed by atoms with Crippen molar-refractivity contribution in [3.63, 3.8) is 0 Å². The van der Waals surface area contributed by atoms with Gasteiger partial charge in [-0.2, -0.15) is 0 Å². The number of hydrogen-bond donors (Lipinski definition) is 0. The first-order valence-corrected chi connectivity index (χ1v) is 7.62. The third-order valence-electron chi connectivity index (χ3n) is 3.56. The molecule has 0 unspecified atom stereocenters. The molecule has 6 heteroatoms. The quantitative estimate of drug-likeness (QED) is 0.714. The van der Waals surface area contributed by atoms with Gasteiger partial charge < -0.3 is 9.47 Å². The second-order valence-corrected chi connectivity index (χ2v) is 5.12. The molecule has 126 valence electrons. The van der Waals surface area contributed by atoms with Crippen molar-refractivity contribution >= 4 is 17.5 Å². The highest BCUT2D eigenvalue weighted by atomic mass is 16.5. The average Bonchev–Trinajstić information content (AvgIpc) is 2.69. The maximum atomic E-state index is 13.2. The summed E-state index contributed by atoms with van der Waals surface area (Å²) in [7, 11) is 3.08. The van der Waals surface area contributed by atoms with Gasteiger partial charge in [-0.15, -0.1) is 0 Å². The second kappa shape index (κ2) is 7.44. The predicted molar refractivity (Wildman–Crippen MR) is 94.5 cm³/mol. The van der Waals surface area contributed by atoms with E-state index in [0.717, 1.165) is 0 Å². The van der Waals surface area contributed by atoms with E-state index in [1.165, 1.54) is 19.1 Å². The van der Waals surface area contributed by atoms with Gasteiger partial charge in [-0.1, -0.05) is 12.1 Å². The van der Waals surface area contributed by atoms with E-state index in [0.29, 0.717) is 28.7 Å². The molecule has 0 spiro atoms. The minimum atomic E-state index is -0.283. The molecule has 0 aliphatic rings. The van der Waals surface area contributed by atoms with Crippen molar-refractivity contribution in [1.82, 2.24) is 9.97 Å². The van der Waals surface area contributed by atoms with Gasteiger partial charge in [0.1, 0.15) is 23.1 Å². The molecular weight excluding hydrogens is 318 g/mol. The topological polar surface area (TPSA) is 64.6 Å². The van der Waals surface area contributed by atoms with Gasteiger partial charge >= 0.3 is 0 Å². The Bertz CT molecular complexity index is 793. The van der Waals surface area contributed by atoms with Crippen molar-refractivity contribution in [2.24, 2.45) is 0 Å². The van der Waals surface area contributed by atoms with Crippen LogP contribution >= 0.6 is 0 Å². The zero-order valence-corrected chi connectivity index (χ0v) is 13.9. The molecule has 0 saturated heterocycles. The number of carbonyl (C=O) groups excluding carboxylic acids is 1. The van der Waals surface area contributed by atoms with Crippen molar-refractivity contribution in [3.8, 4) is 11.5 Å². The maximum absolute atomic E-state index is 13.2. The first-order chi connectivity index (χ1) is 12.2. The fourth-order valence-electron chi connectivity index (χ4n) is 2.36. The molecule has 3 rings (SSSR count). The Morgan fingerprint density at radius 2 is 1.36 bits per heavy atom. The highest BCUT2D eigenvalue weighted by Crippen LogP contribution is 2.28. The van der Waals surface area contributed by atoms with E-state index in [1.54, 1.807) is 54.9 Å². The van der Waals surface area contributed by atoms with E-state index in [9.17, 15) is 4.79 Å². The van der Waals surface area contributed by atoms with Crippen LogP contribution in [0.4, 0.5) is 11.6 Å². The molecule has 0 atom stereocenters. The van der Waals surface area contributed by atoms with Crippen LogP contribution in [-0.4, -0.2) is 30.1 Å². The molecule has 0 N–H and O–H groups in total. The Morgan fingerprint density at radius 3 is 1.76 bits per heavy atom. The molecule has 25 heavy (non-hydrogen) atoms. The number of amides is 1. The highest BCUT2D eigenvalue weighted by Gasteiger charge is 2.23. The first-order valence-electron chi connectivity index (χ1n) is 7.62. The number of rotatable bonds is 5. The van der Waals surface area contributed by atoms with Crippen molar-refractivity contribution in [1.29, 1.82) is 0 Å². The lowest BCUT2D eigenvalue weighted by Crippen LogP contribution is -2.27. The van der Waals surface area contributed by atoms with Crippen LogP contribution in [0.3, 0.4) is 0 Å². The third-order valence-corrected chi connectivity index (χ3v) is 3.56. The molecule has 3 aromatic rings. The van der Waals surface area contributed by atoms with Crippen molar-refractivity contribution in [3.05, 3.63) is 72.6 Å². The minimum Gasteiger partial charge on any atom is -0.497 e. The number of aromatic nitrogens is 2. The Balaban J connectivity index is 2.09. The van der Waals surface area contributed by atoms with Gasteiger partial charge in [0, 0.05) is 24.0 Å². The second-order valence-electron chi connectivity index (χ2n) is 5.12. The van der Waals surface area contributed by atoms with E-state index in [2.05, 4.69) is 9.97 Å². The SMILES string of the molecule is COc1cc(OC)cc(C(=O)N(c2ccccn2)c2ccccn2)c1. The van der Waals surface area contributed by atoms with Crippen molar-refractivity contribution in [2.75, 3.05) is 19.1 Å². The lowest BCUT2D eigenvalue weighted by Gasteiger charge is -2.21. The summed E-state index contributed by atoms with van der Waals surface area (Å²) in [6.07, 6.45) is 3.26. The molecule has 2 heterocycles. The monoisotopic (exact) mass is 335 g/mol. The van der Waals surface area contributed by atoms with E-state index >= 15 is 0 Å². The fourth-order valence-corrected chi connectivity index (χ4v) is 2.36. The van der Waals surface area contributed by atoms with Crippen molar-refractivity contribution in [2.45, 2.75) is 0 Å². The number of carbonyl (C=O) groups is 1. The van der Waals surface area contributed by atoms with Gasteiger partial charge in [0.05, 0.1) is 14.2 Å². The van der Waals surface area contributed by atoms with Gasteiger partial charge in [0.2, 0.25) is 0 Å². The Morgan fingerprint density at radius 1 is 0.840 bits per heavy atom. The minimum absolute atomic E-state index is 0.283. The van der Waals surface area contributed by atoms with Crippen LogP contribution in [-0.2, 0) is 0 Å². The molecule has 0 radical (unpaired) electrons. The van der Waals surface area contributed by atoms with Gasteiger partial charge in [0.25, 0.3) is 5.91 Å². The van der Waals surface area contributed by atoms with E-state index < -0.39 is 0 Å². The van der Waals surface area contributed by atoms with Crippen LogP contribution in [0.25, 0.3) is 0 Å². The van der Waals surface area contributed by atoms with Gasteiger partial charge in [-0.3, -0.25) is 4.79 Å². The highest BCUT2D eigenvalue weighted by molar-refractivity contribution is 6.10. The van der Waals surface area contributed by atoms with Crippen LogP contribution < -0.4 is 14.4 Å². The third kappa shape index (κ3) is 3.58. The first kappa shape index (κ1) is 16.4. The predicted octanol–water partition coefficient (Wildman–Crippen LogP) is 3.47. The number of anilines is 2. The van der Waals surface area contributed by atoms with E-state index in [-0.39, 0.29) is 5.91 Å². The Hall–Kier alpha value is -3.41. The molecule has 2 aromatic heterocycles. The summed E-state index contributed by atoms with van der Waals surface area (Å²) in [6.45, 7) is 0. The van der Waals surface area contributed by atoms with E-state index in [4.69, 9.17) is 9.47 Å². The fraction of sp³-hybridized carbons (Fsp3) is 0.105. The van der Waals surface area contributed by atoms with Gasteiger partial charge in [-0.25, -0.2) is 14.9 Å². The summed E-state index contributed by atoms with van der Waals surface area (Å²) < 4.78 is 10.5. The molecule has 0 aliphatic heterocycles. The van der Waals surface area contributed by atoms with Crippen LogP contribution in [0.2, 0.25) is 0 Å². The van der Waals surface area contributed by atoms with Crippen LogP contribution in [0.15, 0.2) is 67.0 Å².